The summed E-state index contributed by atoms with van der Waals surface area (Å²) >= 11 is 9.74. The molecule has 3 aromatic carbocycles. The molecule has 0 aromatic heterocycles. The quantitative estimate of drug-likeness (QED) is 0.365. The van der Waals surface area contributed by atoms with E-state index in [1.54, 1.807) is 73.7 Å². The summed E-state index contributed by atoms with van der Waals surface area (Å²) < 4.78 is 29.1. The Labute approximate surface area is 225 Å². The van der Waals surface area contributed by atoms with Gasteiger partial charge in [0.15, 0.2) is 0 Å². The molecule has 1 N–H and O–H groups in total. The maximum Gasteiger partial charge on any atom is 0.264 e. The molecule has 10 heteroatoms. The number of carbonyl (C=O) groups excluding carboxylic acids is 2. The number of nitrogens with one attached hydrogen (secondary N) is 1. The minimum atomic E-state index is -4.10. The third-order valence-corrected chi connectivity index (χ3v) is 8.29. The molecule has 190 valence electrons. The summed E-state index contributed by atoms with van der Waals surface area (Å²) in [5.74, 6) is -0.886. The van der Waals surface area contributed by atoms with Crippen LogP contribution in [0.5, 0.6) is 0 Å². The number of benzene rings is 3. The standard InChI is InChI=1S/C26H27BrClN3O4S/c1-3-24(26(33)29-2)30(17-19-10-7-8-15-23(19)28)25(32)18-31(21-12-9-11-20(27)16-21)36(34,35)22-13-5-4-6-14-22/h4-16,24H,3,17-18H2,1-2H3,(H,29,33). The van der Waals surface area contributed by atoms with Gasteiger partial charge in [0.1, 0.15) is 12.6 Å². The topological polar surface area (TPSA) is 86.8 Å². The van der Waals surface area contributed by atoms with Crippen LogP contribution >= 0.6 is 27.5 Å². The molecule has 3 rings (SSSR count). The van der Waals surface area contributed by atoms with E-state index in [0.29, 0.717) is 27.2 Å². The smallest absolute Gasteiger partial charge is 0.264 e. The normalized spacial score (nSPS) is 12.0. The number of halogens is 2. The molecule has 0 fully saturated rings. The van der Waals surface area contributed by atoms with Crippen LogP contribution in [0.3, 0.4) is 0 Å². The monoisotopic (exact) mass is 591 g/mol. The summed E-state index contributed by atoms with van der Waals surface area (Å²) in [5.41, 5.74) is 0.960. The lowest BCUT2D eigenvalue weighted by molar-refractivity contribution is -0.140. The molecule has 0 spiro atoms. The molecule has 0 saturated carbocycles. The lowest BCUT2D eigenvalue weighted by Crippen LogP contribution is -2.51. The first kappa shape index (κ1) is 27.7. The Hall–Kier alpha value is -2.88. The molecule has 0 heterocycles. The summed E-state index contributed by atoms with van der Waals surface area (Å²) in [6.07, 6.45) is 0.332. The van der Waals surface area contributed by atoms with Gasteiger partial charge in [0.2, 0.25) is 11.8 Å². The maximum absolute atomic E-state index is 13.8. The number of nitrogens with zero attached hydrogens (tertiary/aromatic N) is 2. The van der Waals surface area contributed by atoms with Crippen LogP contribution in [0.15, 0.2) is 88.2 Å². The predicted molar refractivity (Wildman–Crippen MR) is 145 cm³/mol. The van der Waals surface area contributed by atoms with Crippen LogP contribution in [0, 0.1) is 0 Å². The molecular formula is C26H27BrClN3O4S. The summed E-state index contributed by atoms with van der Waals surface area (Å²) in [6.45, 7) is 1.33. The Morgan fingerprint density at radius 1 is 1.00 bits per heavy atom. The fourth-order valence-electron chi connectivity index (χ4n) is 3.78. The molecule has 7 nitrogen and oxygen atoms in total. The van der Waals surface area contributed by atoms with Crippen molar-refractivity contribution >= 4 is 55.1 Å². The van der Waals surface area contributed by atoms with Crippen LogP contribution in [0.2, 0.25) is 5.02 Å². The molecule has 2 amide bonds. The van der Waals surface area contributed by atoms with Crippen molar-refractivity contribution in [3.63, 3.8) is 0 Å². The number of amides is 2. The number of sulfonamides is 1. The van der Waals surface area contributed by atoms with Gasteiger partial charge < -0.3 is 10.2 Å². The minimum Gasteiger partial charge on any atom is -0.357 e. The number of carbonyl (C=O) groups is 2. The van der Waals surface area contributed by atoms with E-state index < -0.39 is 28.5 Å². The summed E-state index contributed by atoms with van der Waals surface area (Å²) in [6, 6.07) is 20.8. The molecule has 0 aliphatic rings. The first-order valence-corrected chi connectivity index (χ1v) is 13.9. The number of hydrogen-bond acceptors (Lipinski definition) is 4. The van der Waals surface area contributed by atoms with E-state index in [2.05, 4.69) is 21.2 Å². The second-order valence-corrected chi connectivity index (χ2v) is 11.1. The average Bonchev–Trinajstić information content (AvgIpc) is 2.88. The number of anilines is 1. The highest BCUT2D eigenvalue weighted by Crippen LogP contribution is 2.27. The van der Waals surface area contributed by atoms with Gasteiger partial charge in [-0.05, 0) is 48.4 Å². The van der Waals surface area contributed by atoms with Crippen molar-refractivity contribution in [3.8, 4) is 0 Å². The summed E-state index contributed by atoms with van der Waals surface area (Å²) in [7, 11) is -2.60. The first-order chi connectivity index (χ1) is 17.2. The van der Waals surface area contributed by atoms with Crippen molar-refractivity contribution in [3.05, 3.63) is 93.9 Å². The van der Waals surface area contributed by atoms with Gasteiger partial charge in [0, 0.05) is 23.1 Å². The van der Waals surface area contributed by atoms with Gasteiger partial charge in [0.05, 0.1) is 10.6 Å². The maximum atomic E-state index is 13.8. The average molecular weight is 593 g/mol. The van der Waals surface area contributed by atoms with Crippen molar-refractivity contribution in [1.82, 2.24) is 10.2 Å². The lowest BCUT2D eigenvalue weighted by Gasteiger charge is -2.33. The van der Waals surface area contributed by atoms with Crippen LogP contribution in [0.1, 0.15) is 18.9 Å². The molecule has 36 heavy (non-hydrogen) atoms. The summed E-state index contributed by atoms with van der Waals surface area (Å²) in [4.78, 5) is 27.9. The predicted octanol–water partition coefficient (Wildman–Crippen LogP) is 4.85. The Bertz CT molecular complexity index is 1320. The zero-order valence-electron chi connectivity index (χ0n) is 19.9. The Balaban J connectivity index is 2.06. The highest BCUT2D eigenvalue weighted by atomic mass is 79.9. The van der Waals surface area contributed by atoms with Crippen molar-refractivity contribution in [2.24, 2.45) is 0 Å². The first-order valence-electron chi connectivity index (χ1n) is 11.3. The highest BCUT2D eigenvalue weighted by molar-refractivity contribution is 9.10. The largest absolute Gasteiger partial charge is 0.357 e. The Morgan fingerprint density at radius 2 is 1.67 bits per heavy atom. The minimum absolute atomic E-state index is 0.0438. The van der Waals surface area contributed by atoms with Crippen molar-refractivity contribution in [2.75, 3.05) is 17.9 Å². The molecule has 0 saturated heterocycles. The van der Waals surface area contributed by atoms with Crippen molar-refractivity contribution in [2.45, 2.75) is 30.8 Å². The number of likely N-dealkylation sites (N-methyl/N-ethyl adjacent to an activating group) is 1. The van der Waals surface area contributed by atoms with Crippen LogP contribution in [0.4, 0.5) is 5.69 Å². The third kappa shape index (κ3) is 6.46. The van der Waals surface area contributed by atoms with Gasteiger partial charge in [-0.1, -0.05) is 76.9 Å². The molecule has 3 aromatic rings. The Kier molecular flexibility index (Phi) is 9.53. The van der Waals surface area contributed by atoms with Crippen molar-refractivity contribution in [1.29, 1.82) is 0 Å². The van der Waals surface area contributed by atoms with Gasteiger partial charge in [-0.2, -0.15) is 0 Å². The molecule has 0 aliphatic carbocycles. The van der Waals surface area contributed by atoms with Crippen LogP contribution in [-0.2, 0) is 26.2 Å². The van der Waals surface area contributed by atoms with Gasteiger partial charge in [0.25, 0.3) is 10.0 Å². The zero-order chi connectivity index (χ0) is 26.3. The van der Waals surface area contributed by atoms with E-state index in [-0.39, 0.29) is 17.3 Å². The lowest BCUT2D eigenvalue weighted by atomic mass is 10.1. The van der Waals surface area contributed by atoms with Crippen LogP contribution in [0.25, 0.3) is 0 Å². The summed E-state index contributed by atoms with van der Waals surface area (Å²) in [5, 5.41) is 3.04. The van der Waals surface area contributed by atoms with Gasteiger partial charge in [-0.15, -0.1) is 0 Å². The van der Waals surface area contributed by atoms with E-state index in [1.807, 2.05) is 0 Å². The highest BCUT2D eigenvalue weighted by Gasteiger charge is 2.33. The van der Waals surface area contributed by atoms with E-state index in [9.17, 15) is 18.0 Å². The number of rotatable bonds is 10. The molecule has 0 aliphatic heterocycles. The molecule has 1 atom stereocenters. The second-order valence-electron chi connectivity index (χ2n) is 7.96. The van der Waals surface area contributed by atoms with Gasteiger partial charge in [-0.3, -0.25) is 13.9 Å². The zero-order valence-corrected chi connectivity index (χ0v) is 23.1. The van der Waals surface area contributed by atoms with Crippen LogP contribution < -0.4 is 9.62 Å². The Morgan fingerprint density at radius 3 is 2.28 bits per heavy atom. The van der Waals surface area contributed by atoms with Gasteiger partial charge >= 0.3 is 0 Å². The van der Waals surface area contributed by atoms with Gasteiger partial charge in [-0.25, -0.2) is 8.42 Å². The van der Waals surface area contributed by atoms with E-state index >= 15 is 0 Å². The second kappa shape index (κ2) is 12.4. The molecular weight excluding hydrogens is 566 g/mol. The fraction of sp³-hybridized carbons (Fsp3) is 0.231. The van der Waals surface area contributed by atoms with E-state index in [0.717, 1.165) is 4.31 Å². The molecule has 0 radical (unpaired) electrons. The van der Waals surface area contributed by atoms with Crippen molar-refractivity contribution < 1.29 is 18.0 Å². The van der Waals surface area contributed by atoms with E-state index in [4.69, 9.17) is 11.6 Å². The SMILES string of the molecule is CCC(C(=O)NC)N(Cc1ccccc1Cl)C(=O)CN(c1cccc(Br)c1)S(=O)(=O)c1ccccc1. The fourth-order valence-corrected chi connectivity index (χ4v) is 5.79. The third-order valence-electron chi connectivity index (χ3n) is 5.64. The molecule has 1 unspecified atom stereocenters. The number of hydrogen-bond donors (Lipinski definition) is 1. The van der Waals surface area contributed by atoms with E-state index in [1.165, 1.54) is 24.1 Å². The molecule has 0 bridgehead atoms. The van der Waals surface area contributed by atoms with Crippen LogP contribution in [-0.4, -0.2) is 44.8 Å².